The standard InChI is InChI=1S/C16H15Cl2NO4S/c1-23-16(20)12-5-3-11(4-6-12)10-19(24(2,21)22)15-8-13(17)7-14(18)9-15/h3-9H,10H2,1-2H3. The molecule has 0 bridgehead atoms. The van der Waals surface area contributed by atoms with Crippen LogP contribution in [-0.4, -0.2) is 27.8 Å². The molecule has 128 valence electrons. The maximum absolute atomic E-state index is 12.1. The number of esters is 1. The maximum atomic E-state index is 12.1. The lowest BCUT2D eigenvalue weighted by atomic mass is 10.1. The van der Waals surface area contributed by atoms with Crippen molar-refractivity contribution in [3.8, 4) is 0 Å². The Morgan fingerprint density at radius 1 is 1.08 bits per heavy atom. The number of carbonyl (C=O) groups is 1. The van der Waals surface area contributed by atoms with Gasteiger partial charge in [0.05, 0.1) is 31.2 Å². The van der Waals surface area contributed by atoms with Crippen LogP contribution in [0.4, 0.5) is 5.69 Å². The summed E-state index contributed by atoms with van der Waals surface area (Å²) in [6.45, 7) is 0.0803. The maximum Gasteiger partial charge on any atom is 0.337 e. The van der Waals surface area contributed by atoms with E-state index in [-0.39, 0.29) is 6.54 Å². The minimum Gasteiger partial charge on any atom is -0.465 e. The fraction of sp³-hybridized carbons (Fsp3) is 0.188. The SMILES string of the molecule is COC(=O)c1ccc(CN(c2cc(Cl)cc(Cl)c2)S(C)(=O)=O)cc1. The highest BCUT2D eigenvalue weighted by Crippen LogP contribution is 2.28. The van der Waals surface area contributed by atoms with Crippen LogP contribution in [0.15, 0.2) is 42.5 Å². The van der Waals surface area contributed by atoms with Crippen molar-refractivity contribution >= 4 is 44.9 Å². The van der Waals surface area contributed by atoms with E-state index in [1.165, 1.54) is 29.6 Å². The predicted molar refractivity (Wildman–Crippen MR) is 95.3 cm³/mol. The number of methoxy groups -OCH3 is 1. The molecule has 0 N–H and O–H groups in total. The zero-order chi connectivity index (χ0) is 17.9. The number of rotatable bonds is 5. The lowest BCUT2D eigenvalue weighted by molar-refractivity contribution is 0.0600. The first kappa shape index (κ1) is 18.6. The molecule has 0 unspecified atom stereocenters. The highest BCUT2D eigenvalue weighted by molar-refractivity contribution is 7.92. The largest absolute Gasteiger partial charge is 0.465 e. The van der Waals surface area contributed by atoms with E-state index < -0.39 is 16.0 Å². The van der Waals surface area contributed by atoms with Crippen molar-refractivity contribution in [3.63, 3.8) is 0 Å². The van der Waals surface area contributed by atoms with E-state index in [0.717, 1.165) is 6.26 Å². The van der Waals surface area contributed by atoms with Crippen LogP contribution in [0.25, 0.3) is 0 Å². The number of hydrogen-bond acceptors (Lipinski definition) is 4. The lowest BCUT2D eigenvalue weighted by Crippen LogP contribution is -2.29. The van der Waals surface area contributed by atoms with E-state index in [4.69, 9.17) is 23.2 Å². The Morgan fingerprint density at radius 2 is 1.62 bits per heavy atom. The molecule has 0 fully saturated rings. The van der Waals surface area contributed by atoms with Crippen LogP contribution in [0.3, 0.4) is 0 Å². The highest BCUT2D eigenvalue weighted by atomic mass is 35.5. The predicted octanol–water partition coefficient (Wildman–Crippen LogP) is 3.75. The van der Waals surface area contributed by atoms with Gasteiger partial charge in [-0.25, -0.2) is 13.2 Å². The monoisotopic (exact) mass is 387 g/mol. The van der Waals surface area contributed by atoms with Gasteiger partial charge in [-0.05, 0) is 35.9 Å². The Balaban J connectivity index is 2.35. The molecule has 0 amide bonds. The van der Waals surface area contributed by atoms with Crippen molar-refractivity contribution in [1.29, 1.82) is 0 Å². The molecule has 0 atom stereocenters. The third-order valence-electron chi connectivity index (χ3n) is 3.24. The number of ether oxygens (including phenoxy) is 1. The summed E-state index contributed by atoms with van der Waals surface area (Å²) in [5.41, 5.74) is 1.45. The summed E-state index contributed by atoms with van der Waals surface area (Å²) in [7, 11) is -2.26. The fourth-order valence-corrected chi connectivity index (χ4v) is 3.50. The molecule has 0 aromatic heterocycles. The van der Waals surface area contributed by atoms with E-state index in [2.05, 4.69) is 4.74 Å². The van der Waals surface area contributed by atoms with Crippen LogP contribution >= 0.6 is 23.2 Å². The molecule has 0 saturated carbocycles. The molecule has 0 aliphatic rings. The Morgan fingerprint density at radius 3 is 2.08 bits per heavy atom. The quantitative estimate of drug-likeness (QED) is 0.732. The minimum absolute atomic E-state index is 0.0803. The number of hydrogen-bond donors (Lipinski definition) is 0. The fourth-order valence-electron chi connectivity index (χ4n) is 2.11. The smallest absolute Gasteiger partial charge is 0.337 e. The molecule has 24 heavy (non-hydrogen) atoms. The first-order chi connectivity index (χ1) is 11.2. The van der Waals surface area contributed by atoms with Crippen molar-refractivity contribution in [1.82, 2.24) is 0 Å². The number of nitrogens with zero attached hydrogens (tertiary/aromatic N) is 1. The lowest BCUT2D eigenvalue weighted by Gasteiger charge is -2.23. The average molecular weight is 388 g/mol. The molecule has 0 aliphatic heterocycles. The minimum atomic E-state index is -3.56. The summed E-state index contributed by atoms with van der Waals surface area (Å²) in [6, 6.07) is 11.1. The normalized spacial score (nSPS) is 11.2. The summed E-state index contributed by atoms with van der Waals surface area (Å²) < 4.78 is 30.1. The van der Waals surface area contributed by atoms with Gasteiger partial charge in [0.15, 0.2) is 0 Å². The molecule has 0 heterocycles. The molecule has 0 saturated heterocycles. The molecular weight excluding hydrogens is 373 g/mol. The van der Waals surface area contributed by atoms with Gasteiger partial charge in [-0.3, -0.25) is 4.31 Å². The van der Waals surface area contributed by atoms with E-state index in [9.17, 15) is 13.2 Å². The van der Waals surface area contributed by atoms with Crippen LogP contribution in [0.5, 0.6) is 0 Å². The second-order valence-electron chi connectivity index (χ2n) is 5.09. The topological polar surface area (TPSA) is 63.7 Å². The number of benzene rings is 2. The van der Waals surface area contributed by atoms with E-state index in [1.54, 1.807) is 24.3 Å². The summed E-state index contributed by atoms with van der Waals surface area (Å²) in [6.07, 6.45) is 1.10. The van der Waals surface area contributed by atoms with Gasteiger partial charge < -0.3 is 4.74 Å². The Kier molecular flexibility index (Phi) is 5.74. The highest BCUT2D eigenvalue weighted by Gasteiger charge is 2.19. The molecule has 2 aromatic carbocycles. The van der Waals surface area contributed by atoms with Gasteiger partial charge in [-0.15, -0.1) is 0 Å². The second kappa shape index (κ2) is 7.42. The number of halogens is 2. The second-order valence-corrected chi connectivity index (χ2v) is 7.87. The first-order valence-electron chi connectivity index (χ1n) is 6.82. The Bertz CT molecular complexity index is 831. The van der Waals surface area contributed by atoms with E-state index in [1.807, 2.05) is 0 Å². The molecule has 5 nitrogen and oxygen atoms in total. The van der Waals surface area contributed by atoms with Gasteiger partial charge in [0, 0.05) is 10.0 Å². The molecular formula is C16H15Cl2NO4S. The van der Waals surface area contributed by atoms with Crippen LogP contribution in [0, 0.1) is 0 Å². The van der Waals surface area contributed by atoms with Gasteiger partial charge in [-0.1, -0.05) is 35.3 Å². The van der Waals surface area contributed by atoms with Crippen molar-refractivity contribution in [2.24, 2.45) is 0 Å². The number of sulfonamides is 1. The zero-order valence-corrected chi connectivity index (χ0v) is 15.3. The molecule has 2 aromatic rings. The van der Waals surface area contributed by atoms with E-state index in [0.29, 0.717) is 26.9 Å². The number of anilines is 1. The Labute approximate surface area is 150 Å². The van der Waals surface area contributed by atoms with Crippen LogP contribution < -0.4 is 4.31 Å². The Hall–Kier alpha value is -1.76. The van der Waals surface area contributed by atoms with Crippen molar-refractivity contribution in [2.75, 3.05) is 17.7 Å². The summed E-state index contributed by atoms with van der Waals surface area (Å²) in [5, 5.41) is 0.680. The molecule has 0 radical (unpaired) electrons. The van der Waals surface area contributed by atoms with Crippen molar-refractivity contribution in [3.05, 3.63) is 63.6 Å². The van der Waals surface area contributed by atoms with Gasteiger partial charge in [-0.2, -0.15) is 0 Å². The van der Waals surface area contributed by atoms with Gasteiger partial charge in [0.2, 0.25) is 10.0 Å². The third-order valence-corrected chi connectivity index (χ3v) is 4.81. The van der Waals surface area contributed by atoms with Crippen LogP contribution in [0.1, 0.15) is 15.9 Å². The molecule has 0 aliphatic carbocycles. The summed E-state index contributed by atoms with van der Waals surface area (Å²) in [5.74, 6) is -0.455. The molecule has 0 spiro atoms. The molecule has 2 rings (SSSR count). The average Bonchev–Trinajstić information content (AvgIpc) is 2.50. The van der Waals surface area contributed by atoms with E-state index >= 15 is 0 Å². The van der Waals surface area contributed by atoms with Crippen molar-refractivity contribution < 1.29 is 17.9 Å². The summed E-state index contributed by atoms with van der Waals surface area (Å²) in [4.78, 5) is 11.4. The van der Waals surface area contributed by atoms with Crippen LogP contribution in [0.2, 0.25) is 10.0 Å². The van der Waals surface area contributed by atoms with Crippen LogP contribution in [-0.2, 0) is 21.3 Å². The first-order valence-corrected chi connectivity index (χ1v) is 9.42. The zero-order valence-electron chi connectivity index (χ0n) is 13.0. The van der Waals surface area contributed by atoms with Gasteiger partial charge >= 0.3 is 5.97 Å². The van der Waals surface area contributed by atoms with Crippen molar-refractivity contribution in [2.45, 2.75) is 6.54 Å². The third kappa shape index (κ3) is 4.63. The summed E-state index contributed by atoms with van der Waals surface area (Å²) >= 11 is 11.9. The number of carbonyl (C=O) groups excluding carboxylic acids is 1. The molecule has 8 heteroatoms. The van der Waals surface area contributed by atoms with Gasteiger partial charge in [0.25, 0.3) is 0 Å². The van der Waals surface area contributed by atoms with Gasteiger partial charge in [0.1, 0.15) is 0 Å².